The summed E-state index contributed by atoms with van der Waals surface area (Å²) in [6.45, 7) is 1.23. The van der Waals surface area contributed by atoms with Gasteiger partial charge in [-0.3, -0.25) is 19.8 Å². The predicted octanol–water partition coefficient (Wildman–Crippen LogP) is 5.03. The molecule has 4 amide bonds. The lowest BCUT2D eigenvalue weighted by Gasteiger charge is -2.35. The molecule has 3 aliphatic rings. The summed E-state index contributed by atoms with van der Waals surface area (Å²) < 4.78 is 11.4. The molecule has 1 unspecified atom stereocenters. The first-order valence-electron chi connectivity index (χ1n) is 14.9. The monoisotopic (exact) mass is 632 g/mol. The lowest BCUT2D eigenvalue weighted by atomic mass is 9.90. The molecule has 3 aromatic rings. The Morgan fingerprint density at radius 2 is 1.89 bits per heavy atom. The summed E-state index contributed by atoms with van der Waals surface area (Å²) in [5.74, 6) is -0.788. The van der Waals surface area contributed by atoms with E-state index in [4.69, 9.17) is 21.1 Å². The molecule has 3 aromatic carbocycles. The number of likely N-dealkylation sites (tertiary alicyclic amines) is 1. The largest absolute Gasteiger partial charge is 0.465 e. The standard InChI is InChI=1S/C33H33ClN4O7/c34-23-10-13-27-26(18-23)33(45-31(41)36-27)14-15-37(20-33)30(40)28(17-21-5-2-1-3-6-21)35-29(39)22-8-11-24(12-9-22)38(32(42)43)19-25-7-4-16-44-25/h1-3,5-6,8-13,18,25,28H,4,7,14-17,19-20H2,(H,35,39)(H,36,41)(H,42,43)/t25-,28-,33?/m0/s1. The van der Waals surface area contributed by atoms with Crippen molar-refractivity contribution < 1.29 is 33.8 Å². The molecule has 12 heteroatoms. The summed E-state index contributed by atoms with van der Waals surface area (Å²) in [6, 6.07) is 19.8. The first-order valence-corrected chi connectivity index (χ1v) is 15.2. The molecule has 3 atom stereocenters. The van der Waals surface area contributed by atoms with Crippen LogP contribution in [0.25, 0.3) is 0 Å². The van der Waals surface area contributed by atoms with Crippen molar-refractivity contribution in [3.63, 3.8) is 0 Å². The maximum absolute atomic E-state index is 14.0. The fraction of sp³-hybridized carbons (Fsp3) is 0.333. The van der Waals surface area contributed by atoms with Crippen LogP contribution in [0.15, 0.2) is 72.8 Å². The van der Waals surface area contributed by atoms with E-state index in [0.29, 0.717) is 41.5 Å². The van der Waals surface area contributed by atoms with Crippen molar-refractivity contribution in [2.45, 2.75) is 43.4 Å². The van der Waals surface area contributed by atoms with Crippen molar-refractivity contribution >= 4 is 47.0 Å². The normalized spacial score (nSPS) is 21.0. The Hall–Kier alpha value is -4.61. The van der Waals surface area contributed by atoms with Gasteiger partial charge in [-0.05, 0) is 60.9 Å². The van der Waals surface area contributed by atoms with E-state index < -0.39 is 29.7 Å². The molecule has 234 valence electrons. The number of anilines is 2. The second-order valence-electron chi connectivity index (χ2n) is 11.5. The summed E-state index contributed by atoms with van der Waals surface area (Å²) >= 11 is 6.28. The highest BCUT2D eigenvalue weighted by atomic mass is 35.5. The molecule has 6 rings (SSSR count). The Bertz CT molecular complexity index is 1600. The van der Waals surface area contributed by atoms with Gasteiger partial charge in [-0.15, -0.1) is 0 Å². The smallest absolute Gasteiger partial charge is 0.412 e. The number of nitrogens with one attached hydrogen (secondary N) is 2. The van der Waals surface area contributed by atoms with E-state index in [-0.39, 0.29) is 37.1 Å². The molecular formula is C33H33ClN4O7. The summed E-state index contributed by atoms with van der Waals surface area (Å²) in [4.78, 5) is 54.7. The molecule has 0 aliphatic carbocycles. The van der Waals surface area contributed by atoms with Crippen molar-refractivity contribution in [2.24, 2.45) is 0 Å². The number of halogens is 1. The highest BCUT2D eigenvalue weighted by Crippen LogP contribution is 2.44. The van der Waals surface area contributed by atoms with Crippen LogP contribution in [0.5, 0.6) is 0 Å². The van der Waals surface area contributed by atoms with Crippen LogP contribution in [0.3, 0.4) is 0 Å². The molecule has 3 aliphatic heterocycles. The molecule has 2 saturated heterocycles. The topological polar surface area (TPSA) is 138 Å². The predicted molar refractivity (Wildman–Crippen MR) is 167 cm³/mol. The van der Waals surface area contributed by atoms with Gasteiger partial charge in [0.05, 0.1) is 24.9 Å². The van der Waals surface area contributed by atoms with E-state index >= 15 is 0 Å². The number of amides is 4. The van der Waals surface area contributed by atoms with Gasteiger partial charge in [-0.1, -0.05) is 41.9 Å². The summed E-state index contributed by atoms with van der Waals surface area (Å²) in [6.07, 6.45) is 0.417. The van der Waals surface area contributed by atoms with E-state index in [1.807, 2.05) is 30.3 Å². The van der Waals surface area contributed by atoms with E-state index in [1.54, 1.807) is 47.4 Å². The maximum atomic E-state index is 14.0. The highest BCUT2D eigenvalue weighted by Gasteiger charge is 2.49. The molecule has 11 nitrogen and oxygen atoms in total. The van der Waals surface area contributed by atoms with Gasteiger partial charge in [-0.25, -0.2) is 9.59 Å². The first-order chi connectivity index (χ1) is 21.7. The molecule has 1 spiro atoms. The molecule has 3 N–H and O–H groups in total. The average Bonchev–Trinajstić information content (AvgIpc) is 3.71. The van der Waals surface area contributed by atoms with Crippen LogP contribution < -0.4 is 15.5 Å². The number of carbonyl (C=O) groups excluding carboxylic acids is 3. The van der Waals surface area contributed by atoms with E-state index in [1.165, 1.54) is 4.90 Å². The fourth-order valence-electron chi connectivity index (χ4n) is 6.23. The van der Waals surface area contributed by atoms with E-state index in [0.717, 1.165) is 18.4 Å². The van der Waals surface area contributed by atoms with Gasteiger partial charge >= 0.3 is 12.2 Å². The lowest BCUT2D eigenvalue weighted by Crippen LogP contribution is -2.50. The SMILES string of the molecule is O=C1Nc2ccc(Cl)cc2C2(CCN(C(=O)[C@H](Cc3ccccc3)NC(=O)c3ccc(N(C[C@@H]4CCCO4)C(=O)O)cc3)C2)O1. The van der Waals surface area contributed by atoms with E-state index in [2.05, 4.69) is 10.6 Å². The van der Waals surface area contributed by atoms with Crippen LogP contribution in [-0.2, 0) is 26.3 Å². The van der Waals surface area contributed by atoms with Gasteiger partial charge in [0, 0.05) is 47.8 Å². The minimum atomic E-state index is -1.11. The number of nitrogens with zero attached hydrogens (tertiary/aromatic N) is 2. The third-order valence-electron chi connectivity index (χ3n) is 8.51. The maximum Gasteiger partial charge on any atom is 0.412 e. The number of benzene rings is 3. The number of carboxylic acid groups (broad SMARTS) is 1. The van der Waals surface area contributed by atoms with Crippen LogP contribution in [-0.4, -0.2) is 72.4 Å². The highest BCUT2D eigenvalue weighted by molar-refractivity contribution is 6.30. The summed E-state index contributed by atoms with van der Waals surface area (Å²) in [5.41, 5.74) is 1.78. The van der Waals surface area contributed by atoms with Crippen molar-refractivity contribution in [3.05, 3.63) is 94.5 Å². The second kappa shape index (κ2) is 12.8. The molecule has 0 aromatic heterocycles. The van der Waals surface area contributed by atoms with Gasteiger partial charge in [0.1, 0.15) is 6.04 Å². The Balaban J connectivity index is 1.20. The molecule has 0 bridgehead atoms. The fourth-order valence-corrected chi connectivity index (χ4v) is 6.41. The van der Waals surface area contributed by atoms with Crippen molar-refractivity contribution in [1.29, 1.82) is 0 Å². The number of ether oxygens (including phenoxy) is 2. The van der Waals surface area contributed by atoms with Crippen LogP contribution in [0.1, 0.15) is 40.7 Å². The van der Waals surface area contributed by atoms with Gasteiger partial charge in [0.25, 0.3) is 5.91 Å². The second-order valence-corrected chi connectivity index (χ2v) is 11.9. The number of rotatable bonds is 8. The van der Waals surface area contributed by atoms with Gasteiger partial charge in [0.15, 0.2) is 5.60 Å². The third kappa shape index (κ3) is 6.59. The minimum absolute atomic E-state index is 0.109. The van der Waals surface area contributed by atoms with Crippen LogP contribution in [0.2, 0.25) is 5.02 Å². The Labute approximate surface area is 265 Å². The van der Waals surface area contributed by atoms with Crippen molar-refractivity contribution in [2.75, 3.05) is 36.5 Å². The Kier molecular flexibility index (Phi) is 8.64. The van der Waals surface area contributed by atoms with Crippen molar-refractivity contribution in [1.82, 2.24) is 10.2 Å². The van der Waals surface area contributed by atoms with Gasteiger partial charge in [0.2, 0.25) is 5.91 Å². The number of hydrogen-bond donors (Lipinski definition) is 3. The average molecular weight is 633 g/mol. The van der Waals surface area contributed by atoms with Crippen LogP contribution in [0, 0.1) is 0 Å². The minimum Gasteiger partial charge on any atom is -0.465 e. The molecular weight excluding hydrogens is 600 g/mol. The molecule has 0 saturated carbocycles. The Morgan fingerprint density at radius 1 is 1.11 bits per heavy atom. The summed E-state index contributed by atoms with van der Waals surface area (Å²) in [7, 11) is 0. The van der Waals surface area contributed by atoms with Gasteiger partial charge < -0.3 is 24.8 Å². The quantitative estimate of drug-likeness (QED) is 0.317. The zero-order valence-electron chi connectivity index (χ0n) is 24.4. The molecule has 3 heterocycles. The van der Waals surface area contributed by atoms with Gasteiger partial charge in [-0.2, -0.15) is 0 Å². The van der Waals surface area contributed by atoms with E-state index in [9.17, 15) is 24.3 Å². The first kappa shape index (κ1) is 30.4. The number of fused-ring (bicyclic) bond motifs is 2. The molecule has 0 radical (unpaired) electrons. The van der Waals surface area contributed by atoms with Crippen molar-refractivity contribution in [3.8, 4) is 0 Å². The number of carbonyl (C=O) groups is 4. The molecule has 45 heavy (non-hydrogen) atoms. The number of hydrogen-bond acceptors (Lipinski definition) is 6. The Morgan fingerprint density at radius 3 is 2.60 bits per heavy atom. The zero-order chi connectivity index (χ0) is 31.6. The zero-order valence-corrected chi connectivity index (χ0v) is 25.2. The summed E-state index contributed by atoms with van der Waals surface area (Å²) in [5, 5.41) is 15.8. The van der Waals surface area contributed by atoms with Crippen LogP contribution in [0.4, 0.5) is 21.0 Å². The molecule has 2 fully saturated rings. The third-order valence-corrected chi connectivity index (χ3v) is 8.74. The lowest BCUT2D eigenvalue weighted by molar-refractivity contribution is -0.133. The van der Waals surface area contributed by atoms with Crippen LogP contribution >= 0.6 is 11.6 Å².